The van der Waals surface area contributed by atoms with Gasteiger partial charge in [-0.1, -0.05) is 90.6 Å². The first-order valence-electron chi connectivity index (χ1n) is 7.42. The highest BCUT2D eigenvalue weighted by Gasteiger charge is 2.03. The van der Waals surface area contributed by atoms with Gasteiger partial charge in [-0.3, -0.25) is 0 Å². The number of thioether (sulfide) groups is 1. The molecule has 0 fully saturated rings. The van der Waals surface area contributed by atoms with E-state index < -0.39 is 0 Å². The summed E-state index contributed by atoms with van der Waals surface area (Å²) in [6.07, 6.45) is 3.24. The Hall–Kier alpha value is -2.25. The van der Waals surface area contributed by atoms with Crippen LogP contribution in [0.1, 0.15) is 11.1 Å². The molecule has 0 bridgehead atoms. The molecule has 0 unspecified atom stereocenters. The molecule has 0 amide bonds. The van der Waals surface area contributed by atoms with E-state index in [9.17, 15) is 0 Å². The van der Waals surface area contributed by atoms with Crippen molar-refractivity contribution in [3.05, 3.63) is 107 Å². The van der Waals surface area contributed by atoms with Gasteiger partial charge >= 0.3 is 0 Å². The largest absolute Gasteiger partial charge is 0.0942 e. The lowest BCUT2D eigenvalue weighted by Crippen LogP contribution is -1.87. The maximum Gasteiger partial charge on any atom is 0.0119 e. The Morgan fingerprint density at radius 2 is 1.23 bits per heavy atom. The first-order chi connectivity index (χ1) is 10.9. The van der Waals surface area contributed by atoms with Crippen LogP contribution in [0.4, 0.5) is 0 Å². The average Bonchev–Trinajstić information content (AvgIpc) is 2.57. The SMILES string of the molecule is C(=C(/Cc1ccccc1)Sc1ccccc1)/c1ccccc1. The van der Waals surface area contributed by atoms with E-state index in [1.54, 1.807) is 0 Å². The van der Waals surface area contributed by atoms with Crippen LogP contribution in [0.15, 0.2) is 101 Å². The van der Waals surface area contributed by atoms with Gasteiger partial charge in [0.15, 0.2) is 0 Å². The molecule has 108 valence electrons. The lowest BCUT2D eigenvalue weighted by molar-refractivity contribution is 1.25. The molecule has 22 heavy (non-hydrogen) atoms. The number of rotatable bonds is 5. The van der Waals surface area contributed by atoms with Gasteiger partial charge in [-0.2, -0.15) is 0 Å². The summed E-state index contributed by atoms with van der Waals surface area (Å²) in [5.74, 6) is 0. The second-order valence-electron chi connectivity index (χ2n) is 5.10. The van der Waals surface area contributed by atoms with Gasteiger partial charge < -0.3 is 0 Å². The Morgan fingerprint density at radius 3 is 1.86 bits per heavy atom. The molecule has 0 saturated heterocycles. The normalized spacial score (nSPS) is 11.4. The summed E-state index contributed by atoms with van der Waals surface area (Å²) < 4.78 is 0. The van der Waals surface area contributed by atoms with Gasteiger partial charge in [-0.25, -0.2) is 0 Å². The molecule has 3 rings (SSSR count). The van der Waals surface area contributed by atoms with Crippen molar-refractivity contribution in [1.29, 1.82) is 0 Å². The van der Waals surface area contributed by atoms with Crippen LogP contribution in [-0.4, -0.2) is 0 Å². The second kappa shape index (κ2) is 7.67. The zero-order valence-corrected chi connectivity index (χ0v) is 13.2. The topological polar surface area (TPSA) is 0 Å². The standard InChI is InChI=1S/C21H18S/c1-4-10-18(11-5-1)16-21(17-19-12-6-2-7-13-19)22-20-14-8-3-9-15-20/h1-16H,17H2/b21-16+. The highest BCUT2D eigenvalue weighted by atomic mass is 32.2. The molecule has 0 radical (unpaired) electrons. The Kier molecular flexibility index (Phi) is 5.12. The van der Waals surface area contributed by atoms with Crippen molar-refractivity contribution in [3.8, 4) is 0 Å². The smallest absolute Gasteiger partial charge is 0.0119 e. The molecule has 1 heteroatoms. The third-order valence-electron chi connectivity index (χ3n) is 3.34. The predicted molar refractivity (Wildman–Crippen MR) is 96.9 cm³/mol. The highest BCUT2D eigenvalue weighted by molar-refractivity contribution is 8.03. The lowest BCUT2D eigenvalue weighted by Gasteiger charge is -2.08. The van der Waals surface area contributed by atoms with Crippen LogP contribution in [-0.2, 0) is 6.42 Å². The summed E-state index contributed by atoms with van der Waals surface area (Å²) in [4.78, 5) is 2.63. The molecule has 0 saturated carbocycles. The van der Waals surface area contributed by atoms with Crippen LogP contribution in [0.3, 0.4) is 0 Å². The summed E-state index contributed by atoms with van der Waals surface area (Å²) in [6.45, 7) is 0. The maximum absolute atomic E-state index is 2.28. The Morgan fingerprint density at radius 1 is 0.682 bits per heavy atom. The van der Waals surface area contributed by atoms with Gasteiger partial charge in [-0.15, -0.1) is 0 Å². The van der Waals surface area contributed by atoms with Gasteiger partial charge in [0.25, 0.3) is 0 Å². The molecular weight excluding hydrogens is 284 g/mol. The molecule has 0 aliphatic carbocycles. The molecule has 3 aromatic rings. The van der Waals surface area contributed by atoms with Crippen molar-refractivity contribution in [2.45, 2.75) is 11.3 Å². The molecule has 0 atom stereocenters. The molecule has 0 N–H and O–H groups in total. The molecule has 0 aliphatic rings. The molecular formula is C21H18S. The zero-order chi connectivity index (χ0) is 15.0. The van der Waals surface area contributed by atoms with Crippen molar-refractivity contribution in [2.75, 3.05) is 0 Å². The van der Waals surface area contributed by atoms with E-state index in [0.717, 1.165) is 6.42 Å². The monoisotopic (exact) mass is 302 g/mol. The number of benzene rings is 3. The third kappa shape index (κ3) is 4.37. The highest BCUT2D eigenvalue weighted by Crippen LogP contribution is 2.30. The quantitative estimate of drug-likeness (QED) is 0.516. The first-order valence-corrected chi connectivity index (χ1v) is 8.24. The lowest BCUT2D eigenvalue weighted by atomic mass is 10.1. The van der Waals surface area contributed by atoms with Crippen LogP contribution in [0.2, 0.25) is 0 Å². The summed E-state index contributed by atoms with van der Waals surface area (Å²) >= 11 is 1.84. The van der Waals surface area contributed by atoms with Crippen molar-refractivity contribution in [2.24, 2.45) is 0 Å². The van der Waals surface area contributed by atoms with Crippen LogP contribution in [0, 0.1) is 0 Å². The minimum absolute atomic E-state index is 0.954. The average molecular weight is 302 g/mol. The summed E-state index contributed by atoms with van der Waals surface area (Å²) in [5, 5.41) is 0. The molecule has 3 aromatic carbocycles. The summed E-state index contributed by atoms with van der Waals surface area (Å²) in [5.41, 5.74) is 2.59. The Balaban J connectivity index is 1.86. The summed E-state index contributed by atoms with van der Waals surface area (Å²) in [6, 6.07) is 31.7. The van der Waals surface area contributed by atoms with E-state index in [4.69, 9.17) is 0 Å². The van der Waals surface area contributed by atoms with Gasteiger partial charge in [0.1, 0.15) is 0 Å². The Bertz CT molecular complexity index is 672. The molecule has 0 spiro atoms. The van der Waals surface area contributed by atoms with Crippen LogP contribution in [0.5, 0.6) is 0 Å². The Labute approximate surface area is 136 Å². The van der Waals surface area contributed by atoms with Gasteiger partial charge in [0.05, 0.1) is 0 Å². The molecule has 0 heterocycles. The van der Waals surface area contributed by atoms with E-state index in [-0.39, 0.29) is 0 Å². The van der Waals surface area contributed by atoms with Crippen LogP contribution >= 0.6 is 11.8 Å². The fourth-order valence-corrected chi connectivity index (χ4v) is 3.32. The number of allylic oxidation sites excluding steroid dienone is 1. The fraction of sp³-hybridized carbons (Fsp3) is 0.0476. The van der Waals surface area contributed by atoms with Crippen molar-refractivity contribution in [1.82, 2.24) is 0 Å². The van der Waals surface area contributed by atoms with Gasteiger partial charge in [0.2, 0.25) is 0 Å². The zero-order valence-electron chi connectivity index (χ0n) is 12.4. The van der Waals surface area contributed by atoms with Crippen molar-refractivity contribution < 1.29 is 0 Å². The van der Waals surface area contributed by atoms with Crippen LogP contribution in [0.25, 0.3) is 6.08 Å². The van der Waals surface area contributed by atoms with Gasteiger partial charge in [-0.05, 0) is 34.2 Å². The van der Waals surface area contributed by atoms with E-state index in [1.165, 1.54) is 20.9 Å². The van der Waals surface area contributed by atoms with Crippen molar-refractivity contribution in [3.63, 3.8) is 0 Å². The fourth-order valence-electron chi connectivity index (χ4n) is 2.29. The second-order valence-corrected chi connectivity index (χ2v) is 6.30. The van der Waals surface area contributed by atoms with E-state index in [1.807, 2.05) is 11.8 Å². The van der Waals surface area contributed by atoms with Crippen molar-refractivity contribution >= 4 is 17.8 Å². The van der Waals surface area contributed by atoms with E-state index >= 15 is 0 Å². The van der Waals surface area contributed by atoms with Crippen LogP contribution < -0.4 is 0 Å². The van der Waals surface area contributed by atoms with Gasteiger partial charge in [0, 0.05) is 11.3 Å². The van der Waals surface area contributed by atoms with E-state index in [2.05, 4.69) is 97.1 Å². The molecule has 0 aromatic heterocycles. The predicted octanol–water partition coefficient (Wildman–Crippen LogP) is 6.06. The molecule has 0 aliphatic heterocycles. The number of hydrogen-bond donors (Lipinski definition) is 0. The maximum atomic E-state index is 2.28. The molecule has 0 nitrogen and oxygen atoms in total. The van der Waals surface area contributed by atoms with E-state index in [0.29, 0.717) is 0 Å². The minimum atomic E-state index is 0.954. The third-order valence-corrected chi connectivity index (χ3v) is 4.37. The minimum Gasteiger partial charge on any atom is -0.0942 e. The number of hydrogen-bond acceptors (Lipinski definition) is 1. The summed E-state index contributed by atoms with van der Waals surface area (Å²) in [7, 11) is 0. The first kappa shape index (κ1) is 14.7.